The van der Waals surface area contributed by atoms with E-state index in [1.807, 2.05) is 0 Å². The third-order valence-corrected chi connectivity index (χ3v) is 3.86. The lowest BCUT2D eigenvalue weighted by Crippen LogP contribution is -2.43. The molecule has 1 aromatic heterocycles. The van der Waals surface area contributed by atoms with Gasteiger partial charge in [0.05, 0.1) is 6.54 Å². The second kappa shape index (κ2) is 6.29. The average molecular weight is 279 g/mol. The molecule has 0 unspecified atom stereocenters. The molecule has 1 fully saturated rings. The van der Waals surface area contributed by atoms with Crippen LogP contribution >= 0.6 is 0 Å². The molecule has 1 saturated heterocycles. The molecule has 20 heavy (non-hydrogen) atoms. The van der Waals surface area contributed by atoms with Gasteiger partial charge in [0.1, 0.15) is 11.5 Å². The summed E-state index contributed by atoms with van der Waals surface area (Å²) in [5, 5.41) is 3.52. The van der Waals surface area contributed by atoms with Gasteiger partial charge < -0.3 is 14.6 Å². The van der Waals surface area contributed by atoms with Crippen molar-refractivity contribution in [2.24, 2.45) is 0 Å². The Kier molecular flexibility index (Phi) is 4.89. The summed E-state index contributed by atoms with van der Waals surface area (Å²) >= 11 is 0. The molecule has 0 spiro atoms. The zero-order valence-electron chi connectivity index (χ0n) is 13.6. The number of likely N-dealkylation sites (N-methyl/N-ethyl adjacent to an activating group) is 1. The molecule has 1 aromatic rings. The number of hydrogen-bond acceptors (Lipinski definition) is 4. The SMILES string of the molecule is Cc1oc(CN2CCN(C)CC2)cc1CNC(C)(C)C. The van der Waals surface area contributed by atoms with E-state index in [4.69, 9.17) is 4.42 Å². The van der Waals surface area contributed by atoms with E-state index in [9.17, 15) is 0 Å². The van der Waals surface area contributed by atoms with E-state index < -0.39 is 0 Å². The van der Waals surface area contributed by atoms with Crippen LogP contribution in [0.1, 0.15) is 37.9 Å². The van der Waals surface area contributed by atoms with Crippen molar-refractivity contribution in [2.75, 3.05) is 33.2 Å². The Morgan fingerprint density at radius 2 is 1.85 bits per heavy atom. The first-order valence-electron chi connectivity index (χ1n) is 7.57. The van der Waals surface area contributed by atoms with Gasteiger partial charge in [-0.1, -0.05) is 0 Å². The van der Waals surface area contributed by atoms with Crippen LogP contribution in [0, 0.1) is 6.92 Å². The monoisotopic (exact) mass is 279 g/mol. The van der Waals surface area contributed by atoms with Gasteiger partial charge in [0.15, 0.2) is 0 Å². The number of rotatable bonds is 4. The largest absolute Gasteiger partial charge is 0.465 e. The average Bonchev–Trinajstić information content (AvgIpc) is 2.69. The lowest BCUT2D eigenvalue weighted by atomic mass is 10.1. The van der Waals surface area contributed by atoms with Crippen LogP contribution in [0.2, 0.25) is 0 Å². The van der Waals surface area contributed by atoms with Gasteiger partial charge in [0.25, 0.3) is 0 Å². The predicted molar refractivity (Wildman–Crippen MR) is 82.8 cm³/mol. The third-order valence-electron chi connectivity index (χ3n) is 3.86. The van der Waals surface area contributed by atoms with Gasteiger partial charge in [0.2, 0.25) is 0 Å². The lowest BCUT2D eigenvalue weighted by Gasteiger charge is -2.31. The minimum absolute atomic E-state index is 0.140. The number of piperazine rings is 1. The summed E-state index contributed by atoms with van der Waals surface area (Å²) in [4.78, 5) is 4.85. The van der Waals surface area contributed by atoms with E-state index in [0.29, 0.717) is 0 Å². The first-order chi connectivity index (χ1) is 9.33. The van der Waals surface area contributed by atoms with Gasteiger partial charge in [-0.25, -0.2) is 0 Å². The summed E-state index contributed by atoms with van der Waals surface area (Å²) in [5.41, 5.74) is 1.42. The van der Waals surface area contributed by atoms with Gasteiger partial charge in [-0.3, -0.25) is 4.90 Å². The summed E-state index contributed by atoms with van der Waals surface area (Å²) < 4.78 is 5.91. The highest BCUT2D eigenvalue weighted by Gasteiger charge is 2.17. The molecule has 2 rings (SSSR count). The van der Waals surface area contributed by atoms with Crippen molar-refractivity contribution in [3.8, 4) is 0 Å². The fourth-order valence-electron chi connectivity index (χ4n) is 2.43. The van der Waals surface area contributed by atoms with Crippen molar-refractivity contribution in [1.82, 2.24) is 15.1 Å². The van der Waals surface area contributed by atoms with E-state index in [1.165, 1.54) is 5.56 Å². The zero-order valence-corrected chi connectivity index (χ0v) is 13.6. The predicted octanol–water partition coefficient (Wildman–Crippen LogP) is 2.22. The first kappa shape index (κ1) is 15.5. The number of nitrogens with one attached hydrogen (secondary N) is 1. The van der Waals surface area contributed by atoms with Gasteiger partial charge in [-0.2, -0.15) is 0 Å². The first-order valence-corrected chi connectivity index (χ1v) is 7.57. The standard InChI is InChI=1S/C16H29N3O/c1-13-14(11-17-16(2,3)4)10-15(20-13)12-19-8-6-18(5)7-9-19/h10,17H,6-9,11-12H2,1-5H3. The van der Waals surface area contributed by atoms with Crippen LogP contribution in [0.3, 0.4) is 0 Å². The molecule has 0 bridgehead atoms. The van der Waals surface area contributed by atoms with E-state index in [0.717, 1.165) is 50.8 Å². The normalized spacial score (nSPS) is 18.6. The van der Waals surface area contributed by atoms with Crippen molar-refractivity contribution in [3.05, 3.63) is 23.2 Å². The van der Waals surface area contributed by atoms with Gasteiger partial charge in [-0.05, 0) is 40.8 Å². The smallest absolute Gasteiger partial charge is 0.118 e. The topological polar surface area (TPSA) is 31.7 Å². The van der Waals surface area contributed by atoms with Crippen molar-refractivity contribution in [2.45, 2.75) is 46.3 Å². The molecule has 0 saturated carbocycles. The summed E-state index contributed by atoms with van der Waals surface area (Å²) in [5.74, 6) is 2.14. The second-order valence-electron chi connectivity index (χ2n) is 6.98. The number of hydrogen-bond donors (Lipinski definition) is 1. The molecule has 4 heteroatoms. The van der Waals surface area contributed by atoms with Crippen LogP contribution in [0.4, 0.5) is 0 Å². The fraction of sp³-hybridized carbons (Fsp3) is 0.750. The molecular formula is C16H29N3O. The minimum atomic E-state index is 0.140. The van der Waals surface area contributed by atoms with Crippen molar-refractivity contribution in [1.29, 1.82) is 0 Å². The molecule has 0 atom stereocenters. The highest BCUT2D eigenvalue weighted by Crippen LogP contribution is 2.18. The van der Waals surface area contributed by atoms with Crippen LogP contribution in [-0.4, -0.2) is 48.6 Å². The summed E-state index contributed by atoms with van der Waals surface area (Å²) in [6, 6.07) is 2.21. The molecule has 4 nitrogen and oxygen atoms in total. The maximum Gasteiger partial charge on any atom is 0.118 e. The van der Waals surface area contributed by atoms with Crippen LogP contribution < -0.4 is 5.32 Å². The number of aryl methyl sites for hydroxylation is 1. The number of furan rings is 1. The molecule has 0 amide bonds. The van der Waals surface area contributed by atoms with Crippen LogP contribution in [-0.2, 0) is 13.1 Å². The number of nitrogens with zero attached hydrogens (tertiary/aromatic N) is 2. The van der Waals surface area contributed by atoms with Gasteiger partial charge in [0, 0.05) is 43.8 Å². The Labute approximate surface area is 123 Å². The maximum absolute atomic E-state index is 5.91. The van der Waals surface area contributed by atoms with Crippen LogP contribution in [0.15, 0.2) is 10.5 Å². The molecule has 2 heterocycles. The maximum atomic E-state index is 5.91. The molecule has 0 radical (unpaired) electrons. The minimum Gasteiger partial charge on any atom is -0.465 e. The summed E-state index contributed by atoms with van der Waals surface area (Å²) in [6.45, 7) is 15.0. The third kappa shape index (κ3) is 4.62. The quantitative estimate of drug-likeness (QED) is 0.916. The van der Waals surface area contributed by atoms with Crippen molar-refractivity contribution >= 4 is 0 Å². The Morgan fingerprint density at radius 3 is 2.45 bits per heavy atom. The fourth-order valence-corrected chi connectivity index (χ4v) is 2.43. The summed E-state index contributed by atoms with van der Waals surface area (Å²) in [7, 11) is 2.19. The van der Waals surface area contributed by atoms with Gasteiger partial charge >= 0.3 is 0 Å². The Hall–Kier alpha value is -0.840. The Bertz CT molecular complexity index is 425. The van der Waals surface area contributed by atoms with Crippen molar-refractivity contribution < 1.29 is 4.42 Å². The molecule has 1 aliphatic rings. The second-order valence-corrected chi connectivity index (χ2v) is 6.98. The molecule has 0 aliphatic carbocycles. The Morgan fingerprint density at radius 1 is 1.20 bits per heavy atom. The molecule has 1 N–H and O–H groups in total. The molecule has 114 valence electrons. The highest BCUT2D eigenvalue weighted by atomic mass is 16.3. The van der Waals surface area contributed by atoms with Crippen LogP contribution in [0.5, 0.6) is 0 Å². The van der Waals surface area contributed by atoms with Crippen molar-refractivity contribution in [3.63, 3.8) is 0 Å². The van der Waals surface area contributed by atoms with E-state index >= 15 is 0 Å². The van der Waals surface area contributed by atoms with E-state index in [-0.39, 0.29) is 5.54 Å². The van der Waals surface area contributed by atoms with Gasteiger partial charge in [-0.15, -0.1) is 0 Å². The molecule has 0 aromatic carbocycles. The highest BCUT2D eigenvalue weighted by molar-refractivity contribution is 5.21. The molecule has 1 aliphatic heterocycles. The lowest BCUT2D eigenvalue weighted by molar-refractivity contribution is 0.140. The summed E-state index contributed by atoms with van der Waals surface area (Å²) in [6.07, 6.45) is 0. The van der Waals surface area contributed by atoms with E-state index in [2.05, 4.69) is 55.9 Å². The Balaban J connectivity index is 1.90. The van der Waals surface area contributed by atoms with Crippen LogP contribution in [0.25, 0.3) is 0 Å². The zero-order chi connectivity index (χ0) is 14.8. The molecular weight excluding hydrogens is 250 g/mol. The van der Waals surface area contributed by atoms with E-state index in [1.54, 1.807) is 0 Å².